The third-order valence-corrected chi connectivity index (χ3v) is 22.4. The van der Waals surface area contributed by atoms with Gasteiger partial charge < -0.3 is 4.57 Å². The van der Waals surface area contributed by atoms with Gasteiger partial charge in [-0.2, -0.15) is 9.97 Å². The Bertz CT molecular complexity index is 6110. The maximum atomic E-state index is 11.0. The van der Waals surface area contributed by atoms with Crippen molar-refractivity contribution in [3.63, 3.8) is 0 Å². The molecule has 0 amide bonds. The largest absolute Gasteiger partial charge is 0.309 e. The predicted molar refractivity (Wildman–Crippen MR) is 320 cm³/mol. The van der Waals surface area contributed by atoms with Crippen molar-refractivity contribution in [1.29, 1.82) is 0 Å². The van der Waals surface area contributed by atoms with E-state index in [1.807, 2.05) is 72.8 Å². The van der Waals surface area contributed by atoms with E-state index in [0.29, 0.717) is 26.8 Å². The van der Waals surface area contributed by atoms with Gasteiger partial charge in [0.25, 0.3) is 0 Å². The van der Waals surface area contributed by atoms with Crippen LogP contribution in [0.15, 0.2) is 284 Å². The van der Waals surface area contributed by atoms with Crippen LogP contribution in [-0.4, -0.2) is 40.2 Å². The molecular weight excluding hydrogens is 955 g/mol. The van der Waals surface area contributed by atoms with E-state index in [-0.39, 0.29) is 5.19 Å². The summed E-state index contributed by atoms with van der Waals surface area (Å²) >= 11 is 0. The van der Waals surface area contributed by atoms with Crippen LogP contribution in [0.25, 0.3) is 78.0 Å². The molecule has 0 radical (unpaired) electrons. The highest BCUT2D eigenvalue weighted by Gasteiger charge is 2.48. The number of nitrogens with zero attached hydrogens (tertiary/aromatic N) is 5. The molecule has 5 nitrogen and oxygen atoms in total. The predicted octanol–water partition coefficient (Wildman–Crippen LogP) is 10.5. The molecule has 0 saturated carbocycles. The Morgan fingerprint density at radius 3 is 1.55 bits per heavy atom. The van der Waals surface area contributed by atoms with Crippen molar-refractivity contribution in [1.82, 2.24) is 24.1 Å². The summed E-state index contributed by atoms with van der Waals surface area (Å²) in [5, 5.41) is -2.79. The molecule has 76 heavy (non-hydrogen) atoms. The van der Waals surface area contributed by atoms with Crippen molar-refractivity contribution in [2.45, 2.75) is 0 Å². The highest BCUT2D eigenvalue weighted by molar-refractivity contribution is 7.21. The summed E-state index contributed by atoms with van der Waals surface area (Å²) in [7, 11) is -11.0. The number of aromatic nitrogens is 5. The van der Waals surface area contributed by atoms with Crippen molar-refractivity contribution in [3.8, 4) is 34.4 Å². The van der Waals surface area contributed by atoms with Crippen molar-refractivity contribution < 1.29 is 42.5 Å². The first kappa shape index (κ1) is 22.9. The Balaban J connectivity index is 1.19. The van der Waals surface area contributed by atoms with E-state index in [2.05, 4.69) is 4.57 Å². The summed E-state index contributed by atoms with van der Waals surface area (Å²) in [6.45, 7) is 0. The van der Waals surface area contributed by atoms with E-state index in [9.17, 15) is 24.7 Å². The number of hydrogen-bond donors (Lipinski definition) is 0. The molecule has 1 aliphatic rings. The zero-order chi connectivity index (χ0) is 77.2. The fourth-order valence-electron chi connectivity index (χ4n) is 10.8. The molecule has 14 aromatic rings. The first-order valence-electron chi connectivity index (χ1n) is 39.0. The summed E-state index contributed by atoms with van der Waals surface area (Å²) in [5.74, 6) is -3.07. The number of fused-ring (bicyclic) bond motifs is 8. The third-order valence-electron chi connectivity index (χ3n) is 13.8. The Morgan fingerprint density at radius 2 is 0.882 bits per heavy atom. The molecule has 7 heteroatoms. The van der Waals surface area contributed by atoms with E-state index in [4.69, 9.17) is 32.8 Å². The second-order valence-electron chi connectivity index (χ2n) is 17.5. The van der Waals surface area contributed by atoms with Gasteiger partial charge in [0.15, 0.2) is 27.8 Å². The second kappa shape index (κ2) is 17.6. The third kappa shape index (κ3) is 6.46. The fourth-order valence-corrected chi connectivity index (χ4v) is 19.2. The molecule has 0 spiro atoms. The smallest absolute Gasteiger partial charge is 0.238 e. The van der Waals surface area contributed by atoms with E-state index < -0.39 is 275 Å². The van der Waals surface area contributed by atoms with Crippen molar-refractivity contribution in [2.75, 3.05) is 0 Å². The molecule has 1 unspecified atom stereocenters. The van der Waals surface area contributed by atoms with Crippen LogP contribution in [0.3, 0.4) is 0 Å². The van der Waals surface area contributed by atoms with E-state index in [0.717, 1.165) is 20.9 Å². The first-order valence-corrected chi connectivity index (χ1v) is 27.5. The lowest BCUT2D eigenvalue weighted by Gasteiger charge is -2.39. The summed E-state index contributed by atoms with van der Waals surface area (Å²) in [6, 6.07) is -5.11. The van der Waals surface area contributed by atoms with Crippen LogP contribution in [0.2, 0.25) is 0 Å². The van der Waals surface area contributed by atoms with Crippen molar-refractivity contribution in [3.05, 3.63) is 284 Å². The molecule has 0 fully saturated rings. The van der Waals surface area contributed by atoms with E-state index in [1.54, 1.807) is 24.3 Å². The minimum Gasteiger partial charge on any atom is -0.309 e. The zero-order valence-corrected chi connectivity index (χ0v) is 41.0. The van der Waals surface area contributed by atoms with Gasteiger partial charge in [0.05, 0.1) is 64.6 Å². The molecule has 356 valence electrons. The van der Waals surface area contributed by atoms with E-state index in [1.165, 1.54) is 0 Å². The molecule has 0 bridgehead atoms. The molecule has 0 aliphatic carbocycles. The summed E-state index contributed by atoms with van der Waals surface area (Å²) < 4.78 is 298. The molecule has 1 atom stereocenters. The average molecular weight is 1030 g/mol. The maximum Gasteiger partial charge on any atom is 0.238 e. The molecule has 4 heterocycles. The van der Waals surface area contributed by atoms with Gasteiger partial charge in [-0.05, 0) is 65.7 Å². The Labute approximate surface area is 485 Å². The number of hydrogen-bond acceptors (Lipinski definition) is 3. The van der Waals surface area contributed by atoms with Crippen LogP contribution in [0.1, 0.15) is 42.5 Å². The lowest BCUT2D eigenvalue weighted by molar-refractivity contribution is 0.953. The molecule has 11 aromatic carbocycles. The zero-order valence-electron chi connectivity index (χ0n) is 70.0. The normalized spacial score (nSPS) is 19.8. The summed E-state index contributed by atoms with van der Waals surface area (Å²) in [6.07, 6.45) is 0. The van der Waals surface area contributed by atoms with Crippen molar-refractivity contribution >= 4 is 101 Å². The minimum atomic E-state index is -6.60. The number of rotatable bonds is 9. The van der Waals surface area contributed by atoms with Crippen molar-refractivity contribution in [2.24, 2.45) is 0 Å². The SMILES string of the molecule is [2H]c1c([2H])c([2H])c([Si](c2c([2H])c([2H])c([2H])c([2H])c2[2H])(c2c([2H])c([2H])c([2H])c([2H])c2[2H])c2c([2H])c([2H])c([2H])c(-c3nc(-c4c([2H])c([2H])c([2H])c([Si]5(c6ccccc6)c6ccccc6-n6c7ccccc7c7cccc5c76)c4[2H])nc(-n4c5c([2H])c([2H])c([2H])c([2H])c5c5c([2H])c([2H])c([2H])c([2H])c54)n3)c2[2H])c([2H])c1[2H]. The van der Waals surface area contributed by atoms with Gasteiger partial charge in [-0.1, -0.05) is 260 Å². The quantitative estimate of drug-likeness (QED) is 0.107. The van der Waals surface area contributed by atoms with Crippen LogP contribution in [0, 0.1) is 0 Å². The molecular formula is C69H47N5Si2. The summed E-state index contributed by atoms with van der Waals surface area (Å²) in [4.78, 5) is 14.4. The topological polar surface area (TPSA) is 48.5 Å². The van der Waals surface area contributed by atoms with Gasteiger partial charge >= 0.3 is 0 Å². The maximum absolute atomic E-state index is 11.0. The van der Waals surface area contributed by atoms with Gasteiger partial charge in [0, 0.05) is 38.4 Å². The van der Waals surface area contributed by atoms with Crippen LogP contribution >= 0.6 is 0 Å². The fraction of sp³-hybridized carbons (Fsp3) is 0. The lowest BCUT2D eigenvalue weighted by Crippen LogP contribution is -2.76. The van der Waals surface area contributed by atoms with Gasteiger partial charge in [0.1, 0.15) is 0 Å². The second-order valence-corrected chi connectivity index (χ2v) is 24.7. The number of para-hydroxylation sites is 5. The van der Waals surface area contributed by atoms with Crippen LogP contribution in [-0.2, 0) is 0 Å². The molecule has 15 rings (SSSR count). The van der Waals surface area contributed by atoms with Gasteiger partial charge in [0.2, 0.25) is 5.95 Å². The molecule has 0 N–H and O–H groups in total. The van der Waals surface area contributed by atoms with Crippen LogP contribution in [0.4, 0.5) is 0 Å². The van der Waals surface area contributed by atoms with Gasteiger partial charge in [-0.3, -0.25) is 4.57 Å². The van der Waals surface area contributed by atoms with Crippen LogP contribution in [0.5, 0.6) is 0 Å². The van der Waals surface area contributed by atoms with Gasteiger partial charge in [-0.25, -0.2) is 4.98 Å². The molecule has 3 aromatic heterocycles. The highest BCUT2D eigenvalue weighted by atomic mass is 28.3. The van der Waals surface area contributed by atoms with E-state index >= 15 is 0 Å². The average Bonchev–Trinajstić information content (AvgIpc) is 0.832. The Morgan fingerprint density at radius 1 is 0.355 bits per heavy atom. The Hall–Kier alpha value is -9.54. The number of benzene rings is 11. The van der Waals surface area contributed by atoms with Crippen LogP contribution < -0.4 is 41.5 Å². The molecule has 0 saturated heterocycles. The highest BCUT2D eigenvalue weighted by Crippen LogP contribution is 2.36. The Kier molecular flexibility index (Phi) is 5.30. The monoisotopic (exact) mass is 1030 g/mol. The standard InChI is InChI=1S/C69H47N5Si2/c1-5-26-50(27-6-1)75(51-28-7-2-8-29-51,52-30-9-3-10-31-52)54-34-21-24-48(46-54)67-70-68(72-69(71-67)74-61-41-17-13-36-56(61)57-37-14-18-42-62(57)74)49-25-22-35-55(47-49)76(53-32-11-4-12-33-53)64-44-20-19-43-63(64)73-60-40-16-15-38-58(60)59-39-23-45-65(76)66(59)73/h1-47H/i1D,2D,3D,5D,6D,7D,8D,9D,10D,13D,14D,17D,18D,21D,22D,24D,25D,26D,27D,28D,29D,30D,31D,34D,35D,36D,37D,41D,42D,46D,47D. The lowest BCUT2D eigenvalue weighted by atomic mass is 10.1. The minimum absolute atomic E-state index is 0.150. The first-order chi connectivity index (χ1) is 50.6. The summed E-state index contributed by atoms with van der Waals surface area (Å²) in [5.41, 5.74) is -1.17. The molecule has 1 aliphatic heterocycles. The van der Waals surface area contributed by atoms with Gasteiger partial charge in [-0.15, -0.1) is 0 Å².